The third kappa shape index (κ3) is 3.98. The second kappa shape index (κ2) is 7.31. The van der Waals surface area contributed by atoms with Gasteiger partial charge >= 0.3 is 0 Å². The largest absolute Gasteiger partial charge is 0.349 e. The van der Waals surface area contributed by atoms with Gasteiger partial charge in [0, 0.05) is 16.9 Å². The van der Waals surface area contributed by atoms with Crippen molar-refractivity contribution >= 4 is 17.2 Å². The molecule has 0 radical (unpaired) electrons. The van der Waals surface area contributed by atoms with Gasteiger partial charge in [-0.3, -0.25) is 4.79 Å². The fourth-order valence-electron chi connectivity index (χ4n) is 3.92. The van der Waals surface area contributed by atoms with Crippen molar-refractivity contribution in [2.45, 2.75) is 45.6 Å². The van der Waals surface area contributed by atoms with E-state index < -0.39 is 0 Å². The average Bonchev–Trinajstić information content (AvgIpc) is 3.29. The minimum Gasteiger partial charge on any atom is -0.349 e. The standard InChI is InChI=1S/C22H25N3OS/c1-22(2)13-19(24-21(26)11-10-17-9-6-12-27-17)18-15-23-25(20(18)14-22)16-7-4-3-5-8-16/h3-9,12,15,19H,10-11,13-14H2,1-2H3,(H,24,26). The van der Waals surface area contributed by atoms with E-state index in [9.17, 15) is 4.79 Å². The number of nitrogens with zero attached hydrogens (tertiary/aromatic N) is 2. The van der Waals surface area contributed by atoms with Crippen molar-refractivity contribution in [1.82, 2.24) is 15.1 Å². The molecule has 27 heavy (non-hydrogen) atoms. The Morgan fingerprint density at radius 1 is 1.26 bits per heavy atom. The Hall–Kier alpha value is -2.40. The number of aryl methyl sites for hydroxylation is 1. The molecule has 140 valence electrons. The first-order valence-corrected chi connectivity index (χ1v) is 10.3. The quantitative estimate of drug-likeness (QED) is 0.699. The highest BCUT2D eigenvalue weighted by Gasteiger charge is 2.35. The van der Waals surface area contributed by atoms with Crippen molar-refractivity contribution in [3.8, 4) is 5.69 Å². The molecule has 0 fully saturated rings. The third-order valence-electron chi connectivity index (χ3n) is 5.19. The van der Waals surface area contributed by atoms with Crippen LogP contribution >= 0.6 is 11.3 Å². The van der Waals surface area contributed by atoms with E-state index in [1.54, 1.807) is 11.3 Å². The molecule has 0 spiro atoms. The first-order valence-electron chi connectivity index (χ1n) is 9.46. The first kappa shape index (κ1) is 18.0. The van der Waals surface area contributed by atoms with Gasteiger partial charge in [-0.05, 0) is 48.3 Å². The predicted molar refractivity (Wildman–Crippen MR) is 109 cm³/mol. The highest BCUT2D eigenvalue weighted by molar-refractivity contribution is 7.09. The molecule has 1 aliphatic rings. The second-order valence-corrected chi connectivity index (χ2v) is 9.07. The van der Waals surface area contributed by atoms with E-state index >= 15 is 0 Å². The average molecular weight is 380 g/mol. The fourth-order valence-corrected chi connectivity index (χ4v) is 4.63. The molecule has 0 aliphatic heterocycles. The molecule has 2 aromatic heterocycles. The van der Waals surface area contributed by atoms with E-state index in [0.29, 0.717) is 6.42 Å². The van der Waals surface area contributed by atoms with Gasteiger partial charge in [-0.2, -0.15) is 5.10 Å². The molecule has 4 rings (SSSR count). The number of hydrogen-bond acceptors (Lipinski definition) is 3. The Bertz CT molecular complexity index is 912. The lowest BCUT2D eigenvalue weighted by Crippen LogP contribution is -2.36. The van der Waals surface area contributed by atoms with Crippen LogP contribution in [-0.2, 0) is 17.6 Å². The van der Waals surface area contributed by atoms with E-state index in [2.05, 4.69) is 47.8 Å². The molecule has 5 heteroatoms. The SMILES string of the molecule is CC1(C)Cc2c(cnn2-c2ccccc2)C(NC(=O)CCc2cccs2)C1. The summed E-state index contributed by atoms with van der Waals surface area (Å²) in [6, 6.07) is 14.4. The second-order valence-electron chi connectivity index (χ2n) is 8.04. The van der Waals surface area contributed by atoms with Crippen molar-refractivity contribution < 1.29 is 4.79 Å². The summed E-state index contributed by atoms with van der Waals surface area (Å²) in [5.74, 6) is 0.115. The molecule has 1 aliphatic carbocycles. The number of nitrogens with one attached hydrogen (secondary N) is 1. The zero-order valence-electron chi connectivity index (χ0n) is 15.8. The molecule has 1 unspecified atom stereocenters. The van der Waals surface area contributed by atoms with Crippen molar-refractivity contribution in [3.05, 3.63) is 70.2 Å². The summed E-state index contributed by atoms with van der Waals surface area (Å²) in [7, 11) is 0. The van der Waals surface area contributed by atoms with Crippen LogP contribution in [0.1, 0.15) is 48.9 Å². The Morgan fingerprint density at radius 3 is 2.81 bits per heavy atom. The topological polar surface area (TPSA) is 46.9 Å². The van der Waals surface area contributed by atoms with Gasteiger partial charge in [0.2, 0.25) is 5.91 Å². The lowest BCUT2D eigenvalue weighted by molar-refractivity contribution is -0.122. The molecule has 1 atom stereocenters. The first-order chi connectivity index (χ1) is 13.0. The van der Waals surface area contributed by atoms with Crippen molar-refractivity contribution in [3.63, 3.8) is 0 Å². The predicted octanol–water partition coefficient (Wildman–Crippen LogP) is 4.70. The van der Waals surface area contributed by atoms with Crippen LogP contribution in [0.5, 0.6) is 0 Å². The molecular weight excluding hydrogens is 354 g/mol. The monoisotopic (exact) mass is 379 g/mol. The minimum atomic E-state index is 0.0250. The number of para-hydroxylation sites is 1. The number of aromatic nitrogens is 2. The van der Waals surface area contributed by atoms with E-state index in [4.69, 9.17) is 0 Å². The normalized spacial score (nSPS) is 18.1. The van der Waals surface area contributed by atoms with Gasteiger partial charge in [0.15, 0.2) is 0 Å². The van der Waals surface area contributed by atoms with Gasteiger partial charge in [0.05, 0.1) is 23.6 Å². The molecule has 1 amide bonds. The number of amides is 1. The van der Waals surface area contributed by atoms with Crippen LogP contribution in [0.15, 0.2) is 54.0 Å². The minimum absolute atomic E-state index is 0.0250. The molecule has 0 saturated carbocycles. The molecular formula is C22H25N3OS. The maximum absolute atomic E-state index is 12.6. The van der Waals surface area contributed by atoms with Crippen molar-refractivity contribution in [2.24, 2.45) is 5.41 Å². The zero-order valence-corrected chi connectivity index (χ0v) is 16.6. The van der Waals surface area contributed by atoms with Crippen LogP contribution in [0.2, 0.25) is 0 Å². The summed E-state index contributed by atoms with van der Waals surface area (Å²) >= 11 is 1.71. The summed E-state index contributed by atoms with van der Waals surface area (Å²) in [5.41, 5.74) is 3.55. The molecule has 2 heterocycles. The van der Waals surface area contributed by atoms with E-state index in [-0.39, 0.29) is 17.4 Å². The Morgan fingerprint density at radius 2 is 2.07 bits per heavy atom. The molecule has 1 aromatic carbocycles. The summed E-state index contributed by atoms with van der Waals surface area (Å²) in [4.78, 5) is 13.8. The van der Waals surface area contributed by atoms with Crippen LogP contribution in [0.3, 0.4) is 0 Å². The smallest absolute Gasteiger partial charge is 0.220 e. The Kier molecular flexibility index (Phi) is 4.87. The number of thiophene rings is 1. The van der Waals surface area contributed by atoms with Crippen LogP contribution in [0.25, 0.3) is 5.69 Å². The summed E-state index contributed by atoms with van der Waals surface area (Å²) < 4.78 is 2.03. The number of rotatable bonds is 5. The van der Waals surface area contributed by atoms with Gasteiger partial charge < -0.3 is 5.32 Å². The van der Waals surface area contributed by atoms with Crippen molar-refractivity contribution in [1.29, 1.82) is 0 Å². The number of fused-ring (bicyclic) bond motifs is 1. The lowest BCUT2D eigenvalue weighted by Gasteiger charge is -2.36. The highest BCUT2D eigenvalue weighted by atomic mass is 32.1. The molecule has 0 bridgehead atoms. The van der Waals surface area contributed by atoms with Crippen molar-refractivity contribution in [2.75, 3.05) is 0 Å². The van der Waals surface area contributed by atoms with E-state index in [0.717, 1.165) is 30.5 Å². The Balaban J connectivity index is 1.54. The fraction of sp³-hybridized carbons (Fsp3) is 0.364. The molecule has 0 saturated heterocycles. The van der Waals surface area contributed by atoms with Gasteiger partial charge in [-0.1, -0.05) is 38.1 Å². The lowest BCUT2D eigenvalue weighted by atomic mass is 9.74. The van der Waals surface area contributed by atoms with Crippen LogP contribution in [0.4, 0.5) is 0 Å². The molecule has 3 aromatic rings. The van der Waals surface area contributed by atoms with Gasteiger partial charge in [0.1, 0.15) is 0 Å². The zero-order chi connectivity index (χ0) is 18.9. The van der Waals surface area contributed by atoms with Crippen LogP contribution in [0, 0.1) is 5.41 Å². The number of hydrogen-bond donors (Lipinski definition) is 1. The Labute approximate surface area is 164 Å². The number of carbonyl (C=O) groups is 1. The highest BCUT2D eigenvalue weighted by Crippen LogP contribution is 2.41. The molecule has 1 N–H and O–H groups in total. The van der Waals surface area contributed by atoms with E-state index in [1.165, 1.54) is 10.6 Å². The molecule has 4 nitrogen and oxygen atoms in total. The summed E-state index contributed by atoms with van der Waals surface area (Å²) in [6.45, 7) is 4.53. The summed E-state index contributed by atoms with van der Waals surface area (Å²) in [5, 5.41) is 9.97. The maximum atomic E-state index is 12.6. The van der Waals surface area contributed by atoms with Gasteiger partial charge in [-0.25, -0.2) is 4.68 Å². The van der Waals surface area contributed by atoms with Crippen LogP contribution in [-0.4, -0.2) is 15.7 Å². The van der Waals surface area contributed by atoms with E-state index in [1.807, 2.05) is 35.1 Å². The number of carbonyl (C=O) groups excluding carboxylic acids is 1. The third-order valence-corrected chi connectivity index (χ3v) is 6.13. The number of benzene rings is 1. The summed E-state index contributed by atoms with van der Waals surface area (Å²) in [6.07, 6.45) is 5.15. The van der Waals surface area contributed by atoms with Crippen LogP contribution < -0.4 is 5.32 Å². The maximum Gasteiger partial charge on any atom is 0.220 e. The van der Waals surface area contributed by atoms with Gasteiger partial charge in [0.25, 0.3) is 0 Å². The van der Waals surface area contributed by atoms with Gasteiger partial charge in [-0.15, -0.1) is 11.3 Å².